The van der Waals surface area contributed by atoms with Crippen LogP contribution in [0.15, 0.2) is 29.2 Å². The molecule has 0 aliphatic carbocycles. The SMILES string of the molecule is O=C(OCC(F)(F)C(F)(F)C(F)(F)C(F)(F)C(F)(F)C(F)F)c1ccccc1S(=O)(=O)O.[Na]. The van der Waals surface area contributed by atoms with Gasteiger partial charge in [-0.2, -0.15) is 52.3 Å². The first kappa shape index (κ1) is 31.8. The van der Waals surface area contributed by atoms with Crippen LogP contribution in [0.5, 0.6) is 0 Å². The van der Waals surface area contributed by atoms with Crippen molar-refractivity contribution in [3.8, 4) is 0 Å². The predicted molar refractivity (Wildman–Crippen MR) is 83.0 cm³/mol. The minimum absolute atomic E-state index is 0. The quantitative estimate of drug-likeness (QED) is 0.221. The summed E-state index contributed by atoms with van der Waals surface area (Å²) in [6, 6.07) is 2.65. The van der Waals surface area contributed by atoms with E-state index in [0.29, 0.717) is 12.1 Å². The molecular weight excluding hydrogens is 531 g/mol. The third-order valence-electron chi connectivity index (χ3n) is 3.71. The maximum Gasteiger partial charge on any atom is 0.384 e. The largest absolute Gasteiger partial charge is 0.455 e. The number of ether oxygens (including phenoxy) is 1. The first-order valence-electron chi connectivity index (χ1n) is 7.46. The summed E-state index contributed by atoms with van der Waals surface area (Å²) >= 11 is 0. The van der Waals surface area contributed by atoms with E-state index in [1.165, 1.54) is 0 Å². The minimum Gasteiger partial charge on any atom is -0.455 e. The molecule has 0 spiro atoms. The summed E-state index contributed by atoms with van der Waals surface area (Å²) in [6.45, 7) is -3.22. The second-order valence-electron chi connectivity index (χ2n) is 5.90. The Morgan fingerprint density at radius 3 is 1.76 bits per heavy atom. The van der Waals surface area contributed by atoms with Gasteiger partial charge in [-0.25, -0.2) is 13.6 Å². The molecule has 0 unspecified atom stereocenters. The second kappa shape index (κ2) is 9.79. The Balaban J connectivity index is 0.0000102. The number of rotatable bonds is 9. The minimum atomic E-state index is -7.80. The van der Waals surface area contributed by atoms with Gasteiger partial charge in [-0.1, -0.05) is 12.1 Å². The van der Waals surface area contributed by atoms with E-state index in [4.69, 9.17) is 4.55 Å². The number of halogens is 12. The molecule has 0 aliphatic rings. The molecular formula is C14H8F12NaO5S. The van der Waals surface area contributed by atoms with E-state index in [0.717, 1.165) is 12.1 Å². The van der Waals surface area contributed by atoms with E-state index < -0.39 is 69.2 Å². The van der Waals surface area contributed by atoms with Gasteiger partial charge < -0.3 is 4.74 Å². The van der Waals surface area contributed by atoms with Crippen molar-refractivity contribution in [2.75, 3.05) is 6.61 Å². The van der Waals surface area contributed by atoms with Crippen molar-refractivity contribution >= 4 is 45.6 Å². The van der Waals surface area contributed by atoms with Crippen molar-refractivity contribution in [3.63, 3.8) is 0 Å². The van der Waals surface area contributed by atoms with Crippen LogP contribution in [0.4, 0.5) is 52.7 Å². The van der Waals surface area contributed by atoms with Crippen molar-refractivity contribution in [2.45, 2.75) is 40.9 Å². The summed E-state index contributed by atoms with van der Waals surface area (Å²) in [4.78, 5) is 10.3. The Bertz CT molecular complexity index is 967. The van der Waals surface area contributed by atoms with Gasteiger partial charge in [-0.3, -0.25) is 4.55 Å². The number of hydrogen-bond acceptors (Lipinski definition) is 4. The molecule has 33 heavy (non-hydrogen) atoms. The molecule has 0 fully saturated rings. The number of esters is 1. The van der Waals surface area contributed by atoms with Crippen LogP contribution in [0.2, 0.25) is 0 Å². The zero-order valence-electron chi connectivity index (χ0n) is 15.6. The van der Waals surface area contributed by atoms with Crippen molar-refractivity contribution in [1.29, 1.82) is 0 Å². The van der Waals surface area contributed by atoms with Crippen LogP contribution < -0.4 is 0 Å². The third kappa shape index (κ3) is 5.54. The van der Waals surface area contributed by atoms with Gasteiger partial charge in [-0.05, 0) is 12.1 Å². The van der Waals surface area contributed by atoms with Gasteiger partial charge >= 0.3 is 42.0 Å². The molecule has 0 atom stereocenters. The van der Waals surface area contributed by atoms with Crippen LogP contribution in [0, 0.1) is 0 Å². The third-order valence-corrected chi connectivity index (χ3v) is 4.62. The smallest absolute Gasteiger partial charge is 0.384 e. The zero-order valence-corrected chi connectivity index (χ0v) is 18.4. The Kier molecular flexibility index (Phi) is 9.42. The maximum absolute atomic E-state index is 13.6. The van der Waals surface area contributed by atoms with Gasteiger partial charge in [-0.15, -0.1) is 0 Å². The zero-order chi connectivity index (χ0) is 25.6. The summed E-state index contributed by atoms with van der Waals surface area (Å²) in [5.74, 6) is -39.0. The summed E-state index contributed by atoms with van der Waals surface area (Å²) in [5, 5.41) is 0. The van der Waals surface area contributed by atoms with E-state index in [9.17, 15) is 65.9 Å². The van der Waals surface area contributed by atoms with E-state index >= 15 is 0 Å². The molecule has 0 bridgehead atoms. The molecule has 0 saturated carbocycles. The molecule has 1 aromatic rings. The van der Waals surface area contributed by atoms with Gasteiger partial charge in [0.05, 0.1) is 5.56 Å². The van der Waals surface area contributed by atoms with E-state index in [2.05, 4.69) is 4.74 Å². The Hall–Kier alpha value is -1.24. The normalized spacial score (nSPS) is 14.1. The molecule has 1 radical (unpaired) electrons. The van der Waals surface area contributed by atoms with Crippen molar-refractivity contribution in [1.82, 2.24) is 0 Å². The number of benzene rings is 1. The average molecular weight is 539 g/mol. The molecule has 1 rings (SSSR count). The molecule has 1 N–H and O–H groups in total. The van der Waals surface area contributed by atoms with Crippen molar-refractivity contribution in [2.24, 2.45) is 0 Å². The topological polar surface area (TPSA) is 80.7 Å². The fourth-order valence-corrected chi connectivity index (χ4v) is 2.64. The summed E-state index contributed by atoms with van der Waals surface area (Å²) in [5.41, 5.74) is -1.30. The number of carbonyl (C=O) groups is 1. The fourth-order valence-electron chi connectivity index (χ4n) is 1.96. The molecule has 19 heteroatoms. The fraction of sp³-hybridized carbons (Fsp3) is 0.500. The molecule has 185 valence electrons. The molecule has 0 amide bonds. The Morgan fingerprint density at radius 2 is 1.33 bits per heavy atom. The van der Waals surface area contributed by atoms with Crippen LogP contribution in [0.1, 0.15) is 10.4 Å². The molecule has 0 saturated heterocycles. The van der Waals surface area contributed by atoms with Crippen molar-refractivity contribution < 1.29 is 75.2 Å². The standard InChI is InChI=1S/C14H8F12O5S.Na/c15-9(16)11(19,20)13(23,24)14(25,26)12(21,22)10(17,18)5-31-8(27)6-3-1-2-4-7(6)32(28,29)30;/h1-4,9H,5H2,(H,28,29,30);. The first-order valence-corrected chi connectivity index (χ1v) is 8.90. The molecule has 5 nitrogen and oxygen atoms in total. The number of carbonyl (C=O) groups excluding carboxylic acids is 1. The van der Waals surface area contributed by atoms with Crippen LogP contribution in [0.3, 0.4) is 0 Å². The first-order chi connectivity index (χ1) is 14.1. The van der Waals surface area contributed by atoms with Crippen LogP contribution in [-0.2, 0) is 14.9 Å². The second-order valence-corrected chi connectivity index (χ2v) is 7.29. The van der Waals surface area contributed by atoms with E-state index in [1.807, 2.05) is 0 Å². The monoisotopic (exact) mass is 539 g/mol. The number of alkyl halides is 12. The Labute approximate surface area is 198 Å². The maximum atomic E-state index is 13.6. The predicted octanol–water partition coefficient (Wildman–Crippen LogP) is 4.15. The Morgan fingerprint density at radius 1 is 0.879 bits per heavy atom. The van der Waals surface area contributed by atoms with Gasteiger partial charge in [0.1, 0.15) is 4.90 Å². The summed E-state index contributed by atoms with van der Waals surface area (Å²) in [7, 11) is -5.24. The van der Waals surface area contributed by atoms with Gasteiger partial charge in [0.25, 0.3) is 10.1 Å². The van der Waals surface area contributed by atoms with E-state index in [-0.39, 0.29) is 29.6 Å². The summed E-state index contributed by atoms with van der Waals surface area (Å²) in [6.07, 6.45) is -5.66. The molecule has 1 aromatic carbocycles. The van der Waals surface area contributed by atoms with Gasteiger partial charge in [0.2, 0.25) is 0 Å². The van der Waals surface area contributed by atoms with Crippen LogP contribution in [0.25, 0.3) is 0 Å². The van der Waals surface area contributed by atoms with Crippen molar-refractivity contribution in [3.05, 3.63) is 29.8 Å². The molecule has 0 aliphatic heterocycles. The average Bonchev–Trinajstić information content (AvgIpc) is 2.64. The van der Waals surface area contributed by atoms with Gasteiger partial charge in [0.15, 0.2) is 6.61 Å². The summed E-state index contributed by atoms with van der Waals surface area (Å²) < 4.78 is 191. The van der Waals surface area contributed by atoms with Crippen LogP contribution in [-0.4, -0.2) is 91.1 Å². The van der Waals surface area contributed by atoms with Gasteiger partial charge in [0, 0.05) is 29.6 Å². The molecule has 0 heterocycles. The number of hydrogen-bond donors (Lipinski definition) is 1. The van der Waals surface area contributed by atoms with Crippen LogP contribution >= 0.6 is 0 Å². The molecule has 0 aromatic heterocycles. The van der Waals surface area contributed by atoms with E-state index in [1.54, 1.807) is 0 Å².